The van der Waals surface area contributed by atoms with E-state index in [0.717, 1.165) is 24.6 Å². The quantitative estimate of drug-likeness (QED) is 0.870. The van der Waals surface area contributed by atoms with Gasteiger partial charge in [-0.05, 0) is 12.5 Å². The Kier molecular flexibility index (Phi) is 4.31. The number of aromatic nitrogens is 1. The second kappa shape index (κ2) is 6.37. The van der Waals surface area contributed by atoms with E-state index in [1.807, 2.05) is 41.6 Å². The van der Waals surface area contributed by atoms with E-state index in [1.54, 1.807) is 11.3 Å². The van der Waals surface area contributed by atoms with Crippen LogP contribution in [0, 0.1) is 0 Å². The lowest BCUT2D eigenvalue weighted by atomic mass is 10.1. The zero-order valence-corrected chi connectivity index (χ0v) is 12.9. The van der Waals surface area contributed by atoms with Gasteiger partial charge in [-0.1, -0.05) is 30.3 Å². The molecule has 0 spiro atoms. The number of amides is 1. The minimum Gasteiger partial charge on any atom is -0.336 e. The van der Waals surface area contributed by atoms with Gasteiger partial charge in [0.2, 0.25) is 5.91 Å². The molecule has 4 nitrogen and oxygen atoms in total. The number of hydrogen-bond acceptors (Lipinski definition) is 4. The standard InChI is InChI=1S/C16H19N3OS/c1-13-16(20)19(11-14-5-3-2-4-6-14)9-8-18(13)12-15-17-7-10-21-15/h2-7,10,13H,8-9,11-12H2,1H3/t13-/m1/s1. The molecule has 2 aromatic rings. The van der Waals surface area contributed by atoms with Crippen LogP contribution in [0.4, 0.5) is 0 Å². The van der Waals surface area contributed by atoms with Crippen molar-refractivity contribution in [2.45, 2.75) is 26.1 Å². The molecule has 1 aliphatic heterocycles. The van der Waals surface area contributed by atoms with Gasteiger partial charge >= 0.3 is 0 Å². The second-order valence-electron chi connectivity index (χ2n) is 5.32. The first-order valence-corrected chi connectivity index (χ1v) is 8.07. The van der Waals surface area contributed by atoms with Crippen molar-refractivity contribution >= 4 is 17.2 Å². The van der Waals surface area contributed by atoms with Crippen molar-refractivity contribution in [2.24, 2.45) is 0 Å². The molecule has 0 unspecified atom stereocenters. The third-order valence-corrected chi connectivity index (χ3v) is 4.68. The van der Waals surface area contributed by atoms with Crippen molar-refractivity contribution < 1.29 is 4.79 Å². The summed E-state index contributed by atoms with van der Waals surface area (Å²) in [6.45, 7) is 5.15. The molecule has 0 N–H and O–H groups in total. The maximum atomic E-state index is 12.5. The van der Waals surface area contributed by atoms with Gasteiger partial charge in [0.25, 0.3) is 0 Å². The Morgan fingerprint density at radius 3 is 2.76 bits per heavy atom. The van der Waals surface area contributed by atoms with E-state index in [0.29, 0.717) is 6.54 Å². The second-order valence-corrected chi connectivity index (χ2v) is 6.30. The summed E-state index contributed by atoms with van der Waals surface area (Å²) in [6.07, 6.45) is 1.82. The summed E-state index contributed by atoms with van der Waals surface area (Å²) in [5.41, 5.74) is 1.19. The van der Waals surface area contributed by atoms with E-state index in [4.69, 9.17) is 0 Å². The molecule has 110 valence electrons. The molecule has 5 heteroatoms. The molecule has 3 rings (SSSR count). The molecule has 21 heavy (non-hydrogen) atoms. The first-order chi connectivity index (χ1) is 10.2. The number of carbonyl (C=O) groups excluding carboxylic acids is 1. The number of nitrogens with zero attached hydrogens (tertiary/aromatic N) is 3. The van der Waals surface area contributed by atoms with Crippen LogP contribution in [-0.2, 0) is 17.9 Å². The van der Waals surface area contributed by atoms with Crippen molar-refractivity contribution in [3.8, 4) is 0 Å². The maximum Gasteiger partial charge on any atom is 0.239 e. The van der Waals surface area contributed by atoms with Crippen LogP contribution in [0.2, 0.25) is 0 Å². The van der Waals surface area contributed by atoms with Crippen LogP contribution in [0.3, 0.4) is 0 Å². The lowest BCUT2D eigenvalue weighted by molar-refractivity contribution is -0.142. The zero-order chi connectivity index (χ0) is 14.7. The largest absolute Gasteiger partial charge is 0.336 e. The summed E-state index contributed by atoms with van der Waals surface area (Å²) < 4.78 is 0. The predicted molar refractivity (Wildman–Crippen MR) is 83.8 cm³/mol. The van der Waals surface area contributed by atoms with E-state index < -0.39 is 0 Å². The minimum absolute atomic E-state index is 0.0774. The highest BCUT2D eigenvalue weighted by molar-refractivity contribution is 7.09. The Labute approximate surface area is 129 Å². The van der Waals surface area contributed by atoms with Crippen LogP contribution in [0.5, 0.6) is 0 Å². The molecule has 0 radical (unpaired) electrons. The minimum atomic E-state index is -0.0774. The molecular weight excluding hydrogens is 282 g/mol. The van der Waals surface area contributed by atoms with E-state index in [9.17, 15) is 4.79 Å². The highest BCUT2D eigenvalue weighted by Gasteiger charge is 2.31. The van der Waals surface area contributed by atoms with Crippen molar-refractivity contribution in [2.75, 3.05) is 13.1 Å². The van der Waals surface area contributed by atoms with Crippen LogP contribution in [0.1, 0.15) is 17.5 Å². The predicted octanol–water partition coefficient (Wildman–Crippen LogP) is 2.38. The molecule has 1 fully saturated rings. The van der Waals surface area contributed by atoms with Gasteiger partial charge in [-0.3, -0.25) is 9.69 Å². The number of piperazine rings is 1. The fraction of sp³-hybridized carbons (Fsp3) is 0.375. The van der Waals surface area contributed by atoms with Gasteiger partial charge in [-0.2, -0.15) is 0 Å². The highest BCUT2D eigenvalue weighted by Crippen LogP contribution is 2.18. The monoisotopic (exact) mass is 301 g/mol. The third-order valence-electron chi connectivity index (χ3n) is 3.91. The van der Waals surface area contributed by atoms with Gasteiger partial charge in [0.05, 0.1) is 12.6 Å². The number of thiazole rings is 1. The third kappa shape index (κ3) is 3.31. The molecule has 2 heterocycles. The molecular formula is C16H19N3OS. The lowest BCUT2D eigenvalue weighted by Crippen LogP contribution is -2.54. The van der Waals surface area contributed by atoms with Gasteiger partial charge in [0.1, 0.15) is 5.01 Å². The maximum absolute atomic E-state index is 12.5. The van der Waals surface area contributed by atoms with Crippen molar-refractivity contribution in [3.05, 3.63) is 52.5 Å². The number of carbonyl (C=O) groups is 1. The lowest BCUT2D eigenvalue weighted by Gasteiger charge is -2.38. The summed E-state index contributed by atoms with van der Waals surface area (Å²) in [5.74, 6) is 0.210. The van der Waals surface area contributed by atoms with Crippen LogP contribution >= 0.6 is 11.3 Å². The van der Waals surface area contributed by atoms with Gasteiger partial charge < -0.3 is 4.90 Å². The highest BCUT2D eigenvalue weighted by atomic mass is 32.1. The first-order valence-electron chi connectivity index (χ1n) is 7.19. The average Bonchev–Trinajstić information content (AvgIpc) is 3.01. The Morgan fingerprint density at radius 2 is 2.05 bits per heavy atom. The van der Waals surface area contributed by atoms with Crippen molar-refractivity contribution in [3.63, 3.8) is 0 Å². The average molecular weight is 301 g/mol. The summed E-state index contributed by atoms with van der Waals surface area (Å²) >= 11 is 1.65. The van der Waals surface area contributed by atoms with E-state index in [2.05, 4.69) is 22.0 Å². The number of hydrogen-bond donors (Lipinski definition) is 0. The summed E-state index contributed by atoms with van der Waals surface area (Å²) in [5, 5.41) is 3.05. The molecule has 0 bridgehead atoms. The molecule has 1 saturated heterocycles. The molecule has 1 atom stereocenters. The van der Waals surface area contributed by atoms with Gasteiger partial charge in [-0.25, -0.2) is 4.98 Å². The Bertz CT molecular complexity index is 585. The van der Waals surface area contributed by atoms with Crippen molar-refractivity contribution in [1.82, 2.24) is 14.8 Å². The zero-order valence-electron chi connectivity index (χ0n) is 12.1. The number of rotatable bonds is 4. The fourth-order valence-corrected chi connectivity index (χ4v) is 3.30. The van der Waals surface area contributed by atoms with Gasteiger partial charge in [0.15, 0.2) is 0 Å². The van der Waals surface area contributed by atoms with E-state index >= 15 is 0 Å². The van der Waals surface area contributed by atoms with Gasteiger partial charge in [0, 0.05) is 31.2 Å². The van der Waals surface area contributed by atoms with Gasteiger partial charge in [-0.15, -0.1) is 11.3 Å². The molecule has 0 aliphatic carbocycles. The van der Waals surface area contributed by atoms with E-state index in [1.165, 1.54) is 5.56 Å². The van der Waals surface area contributed by atoms with Crippen LogP contribution in [-0.4, -0.2) is 39.8 Å². The van der Waals surface area contributed by atoms with Crippen LogP contribution in [0.15, 0.2) is 41.9 Å². The van der Waals surface area contributed by atoms with Crippen molar-refractivity contribution in [1.29, 1.82) is 0 Å². The molecule has 1 amide bonds. The van der Waals surface area contributed by atoms with E-state index in [-0.39, 0.29) is 11.9 Å². The first kappa shape index (κ1) is 14.2. The Morgan fingerprint density at radius 1 is 1.24 bits per heavy atom. The summed E-state index contributed by atoms with van der Waals surface area (Å²) in [4.78, 5) is 21.0. The fourth-order valence-electron chi connectivity index (χ4n) is 2.65. The smallest absolute Gasteiger partial charge is 0.239 e. The normalized spacial score (nSPS) is 20.0. The molecule has 1 aromatic heterocycles. The number of benzene rings is 1. The Balaban J connectivity index is 1.63. The van der Waals surface area contributed by atoms with Crippen LogP contribution < -0.4 is 0 Å². The summed E-state index contributed by atoms with van der Waals surface area (Å²) in [6, 6.07) is 10.1. The van der Waals surface area contributed by atoms with Crippen LogP contribution in [0.25, 0.3) is 0 Å². The topological polar surface area (TPSA) is 36.4 Å². The molecule has 1 aliphatic rings. The Hall–Kier alpha value is -1.72. The molecule has 0 saturated carbocycles. The molecule has 1 aromatic carbocycles. The summed E-state index contributed by atoms with van der Waals surface area (Å²) in [7, 11) is 0. The SMILES string of the molecule is C[C@@H]1C(=O)N(Cc2ccccc2)CCN1Cc1nccs1.